The zero-order chi connectivity index (χ0) is 15.5. The van der Waals surface area contributed by atoms with E-state index in [1.807, 2.05) is 0 Å². The van der Waals surface area contributed by atoms with Crippen molar-refractivity contribution in [2.75, 3.05) is 0 Å². The predicted molar refractivity (Wildman–Crippen MR) is 30.0 cm³/mol. The van der Waals surface area contributed by atoms with E-state index in [-0.39, 0.29) is 40.8 Å². The SMILES string of the molecule is O=C([O-])C(=O)[O-].O=C([O-])C(=O)[O-].O=C([O-])C(=O)[O-].[Re+3].[Re+3]. The predicted octanol–water partition coefficient (Wildman–Crippen LogP) is -10.5. The summed E-state index contributed by atoms with van der Waals surface area (Å²) >= 11 is 0. The Labute approximate surface area is 136 Å². The minimum absolute atomic E-state index is 0. The van der Waals surface area contributed by atoms with Crippen LogP contribution in [0.4, 0.5) is 0 Å². The Kier molecular flexibility index (Phi) is 26.5. The van der Waals surface area contributed by atoms with Crippen LogP contribution in [0, 0.1) is 0 Å². The van der Waals surface area contributed by atoms with E-state index in [9.17, 15) is 0 Å². The quantitative estimate of drug-likeness (QED) is 0.225. The second-order valence-corrected chi connectivity index (χ2v) is 1.72. The molecule has 0 atom stereocenters. The third-order valence-corrected chi connectivity index (χ3v) is 0.500. The molecule has 12 nitrogen and oxygen atoms in total. The number of hydrogen-bond donors (Lipinski definition) is 0. The summed E-state index contributed by atoms with van der Waals surface area (Å²) in [6, 6.07) is 0. The van der Waals surface area contributed by atoms with Crippen LogP contribution in [0.15, 0.2) is 0 Å². The summed E-state index contributed by atoms with van der Waals surface area (Å²) in [5.41, 5.74) is 0. The number of rotatable bonds is 0. The van der Waals surface area contributed by atoms with Crippen LogP contribution in [-0.2, 0) is 69.6 Å². The van der Waals surface area contributed by atoms with Crippen molar-refractivity contribution in [3.63, 3.8) is 0 Å². The van der Waals surface area contributed by atoms with Gasteiger partial charge in [-0.05, 0) is 0 Å². The van der Waals surface area contributed by atoms with E-state index in [4.69, 9.17) is 59.4 Å². The van der Waals surface area contributed by atoms with Gasteiger partial charge < -0.3 is 59.4 Å². The van der Waals surface area contributed by atoms with Gasteiger partial charge in [0.2, 0.25) is 0 Å². The Morgan fingerprint density at radius 2 is 0.400 bits per heavy atom. The molecule has 0 spiro atoms. The molecule has 0 saturated heterocycles. The smallest absolute Gasteiger partial charge is 0.543 e. The molecule has 0 aliphatic heterocycles. The molecule has 0 N–H and O–H groups in total. The number of hydrogen-bond acceptors (Lipinski definition) is 12. The zero-order valence-electron chi connectivity index (χ0n) is 8.65. The van der Waals surface area contributed by atoms with E-state index in [0.717, 1.165) is 0 Å². The minimum Gasteiger partial charge on any atom is -0.543 e. The van der Waals surface area contributed by atoms with E-state index >= 15 is 0 Å². The second kappa shape index (κ2) is 17.1. The van der Waals surface area contributed by atoms with Gasteiger partial charge in [0.05, 0.1) is 35.8 Å². The molecule has 0 aromatic carbocycles. The largest absolute Gasteiger partial charge is 3.00 e. The maximum atomic E-state index is 8.93. The number of carbonyl (C=O) groups is 6. The summed E-state index contributed by atoms with van der Waals surface area (Å²) < 4.78 is 0. The van der Waals surface area contributed by atoms with Gasteiger partial charge in [-0.2, -0.15) is 0 Å². The summed E-state index contributed by atoms with van der Waals surface area (Å²) in [6.45, 7) is 0. The van der Waals surface area contributed by atoms with Gasteiger partial charge in [0.15, 0.2) is 0 Å². The first-order valence-corrected chi connectivity index (χ1v) is 3.20. The fourth-order valence-electron chi connectivity index (χ4n) is 0. The fourth-order valence-corrected chi connectivity index (χ4v) is 0. The Bertz CT molecular complexity index is 281. The first-order valence-electron chi connectivity index (χ1n) is 3.20. The van der Waals surface area contributed by atoms with Crippen LogP contribution < -0.4 is 30.6 Å². The van der Waals surface area contributed by atoms with Crippen LogP contribution in [0.3, 0.4) is 0 Å². The van der Waals surface area contributed by atoms with Crippen molar-refractivity contribution in [1.29, 1.82) is 0 Å². The van der Waals surface area contributed by atoms with Crippen LogP contribution in [0.2, 0.25) is 0 Å². The molecule has 0 amide bonds. The summed E-state index contributed by atoms with van der Waals surface area (Å²) in [4.78, 5) is 53.6. The second-order valence-electron chi connectivity index (χ2n) is 1.72. The number of aliphatic carboxylic acids is 6. The topological polar surface area (TPSA) is 241 Å². The third kappa shape index (κ3) is 36.0. The third-order valence-electron chi connectivity index (χ3n) is 0.500. The molecule has 0 fully saturated rings. The van der Waals surface area contributed by atoms with E-state index in [0.29, 0.717) is 0 Å². The normalized spacial score (nSPS) is 6.60. The van der Waals surface area contributed by atoms with E-state index in [2.05, 4.69) is 0 Å². The summed E-state index contributed by atoms with van der Waals surface area (Å²) in [6.07, 6.45) is 0. The van der Waals surface area contributed by atoms with Gasteiger partial charge in [0, 0.05) is 0 Å². The van der Waals surface area contributed by atoms with Crippen molar-refractivity contribution in [3.05, 3.63) is 0 Å². The van der Waals surface area contributed by atoms with Crippen molar-refractivity contribution < 1.29 is 100 Å². The zero-order valence-corrected chi connectivity index (χ0v) is 14.1. The summed E-state index contributed by atoms with van der Waals surface area (Å²) in [5.74, 6) is -13.1. The van der Waals surface area contributed by atoms with Crippen LogP contribution in [0.25, 0.3) is 0 Å². The number of carboxylic acids is 6. The fraction of sp³-hybridized carbons (Fsp3) is 0. The van der Waals surface area contributed by atoms with Gasteiger partial charge in [0.25, 0.3) is 0 Å². The van der Waals surface area contributed by atoms with Crippen LogP contribution in [0.5, 0.6) is 0 Å². The summed E-state index contributed by atoms with van der Waals surface area (Å²) in [7, 11) is 0. The van der Waals surface area contributed by atoms with E-state index < -0.39 is 35.8 Å². The van der Waals surface area contributed by atoms with Crippen molar-refractivity contribution >= 4 is 35.8 Å². The monoisotopic (exact) mass is 638 g/mol. The summed E-state index contributed by atoms with van der Waals surface area (Å²) in [5, 5.41) is 53.6. The van der Waals surface area contributed by atoms with Crippen LogP contribution in [0.1, 0.15) is 0 Å². The molecule has 0 rings (SSSR count). The Morgan fingerprint density at radius 3 is 0.400 bits per heavy atom. The molecule has 20 heavy (non-hydrogen) atoms. The molecule has 110 valence electrons. The molecule has 14 heteroatoms. The van der Waals surface area contributed by atoms with Gasteiger partial charge in [-0.3, -0.25) is 0 Å². The van der Waals surface area contributed by atoms with Crippen molar-refractivity contribution in [1.82, 2.24) is 0 Å². The van der Waals surface area contributed by atoms with Crippen molar-refractivity contribution in [3.8, 4) is 0 Å². The van der Waals surface area contributed by atoms with Crippen molar-refractivity contribution in [2.45, 2.75) is 0 Å². The molecular formula is C6O12Re2. The standard InChI is InChI=1S/3C2H2O4.2Re/c3*3-1(4)2(5)6;;/h3*(H,3,4)(H,5,6);;/q;;;2*+3/p-6. The van der Waals surface area contributed by atoms with Gasteiger partial charge in [-0.1, -0.05) is 0 Å². The van der Waals surface area contributed by atoms with Crippen molar-refractivity contribution in [2.24, 2.45) is 0 Å². The van der Waals surface area contributed by atoms with Crippen LogP contribution >= 0.6 is 0 Å². The van der Waals surface area contributed by atoms with Gasteiger partial charge in [-0.15, -0.1) is 0 Å². The molecule has 0 saturated carbocycles. The molecule has 0 radical (unpaired) electrons. The maximum Gasteiger partial charge on any atom is 3.00 e. The average Bonchev–Trinajstić information content (AvgIpc) is 2.18. The molecule has 0 aliphatic rings. The Balaban J connectivity index is -0.0000000536. The molecule has 0 heterocycles. The Morgan fingerprint density at radius 1 is 0.350 bits per heavy atom. The molecule has 0 aliphatic carbocycles. The van der Waals surface area contributed by atoms with Gasteiger partial charge >= 0.3 is 40.8 Å². The number of carboxylic acid groups (broad SMARTS) is 6. The first kappa shape index (κ1) is 30.9. The molecule has 0 aromatic heterocycles. The van der Waals surface area contributed by atoms with Crippen LogP contribution in [-0.4, -0.2) is 35.8 Å². The minimum atomic E-state index is -2.19. The molecular weight excluding hydrogens is 636 g/mol. The van der Waals surface area contributed by atoms with Gasteiger partial charge in [-0.25, -0.2) is 0 Å². The average molecular weight is 636 g/mol. The molecule has 0 bridgehead atoms. The molecule has 0 unspecified atom stereocenters. The van der Waals surface area contributed by atoms with Gasteiger partial charge in [0.1, 0.15) is 0 Å². The first-order chi connectivity index (χ1) is 7.93. The van der Waals surface area contributed by atoms with E-state index in [1.165, 1.54) is 0 Å². The Hall–Kier alpha value is -1.86. The van der Waals surface area contributed by atoms with E-state index in [1.54, 1.807) is 0 Å². The maximum absolute atomic E-state index is 8.93. The number of carbonyl (C=O) groups excluding carboxylic acids is 6. The molecule has 0 aromatic rings.